The highest BCUT2D eigenvalue weighted by atomic mass is 32.1. The van der Waals surface area contributed by atoms with Crippen LogP contribution in [0.25, 0.3) is 11.3 Å². The number of ketones is 1. The Kier molecular flexibility index (Phi) is 5.82. The molecular weight excluding hydrogens is 374 g/mol. The minimum absolute atomic E-state index is 0.0655. The fraction of sp³-hybridized carbons (Fsp3) is 0.143. The number of ether oxygens (including phenoxy) is 1. The van der Waals surface area contributed by atoms with Gasteiger partial charge in [-0.25, -0.2) is 4.98 Å². The second-order valence-corrected chi connectivity index (χ2v) is 6.89. The number of hydrogen-bond donors (Lipinski definition) is 1. The zero-order chi connectivity index (χ0) is 20.1. The van der Waals surface area contributed by atoms with Crippen molar-refractivity contribution in [1.29, 1.82) is 5.26 Å². The highest BCUT2D eigenvalue weighted by Gasteiger charge is 2.13. The van der Waals surface area contributed by atoms with Crippen LogP contribution in [0.1, 0.15) is 28.4 Å². The molecule has 0 unspecified atom stereocenters. The van der Waals surface area contributed by atoms with Crippen LogP contribution in [0.2, 0.25) is 0 Å². The molecule has 0 fully saturated rings. The molecular formula is C21H17N3O3S. The molecule has 1 amide bonds. The lowest BCUT2D eigenvalue weighted by atomic mass is 10.0. The molecule has 1 N–H and O–H groups in total. The van der Waals surface area contributed by atoms with Crippen molar-refractivity contribution in [1.82, 2.24) is 4.98 Å². The summed E-state index contributed by atoms with van der Waals surface area (Å²) in [4.78, 5) is 28.4. The van der Waals surface area contributed by atoms with Crippen LogP contribution in [0.15, 0.2) is 47.8 Å². The number of hydrogen-bond acceptors (Lipinski definition) is 6. The monoisotopic (exact) mass is 391 g/mol. The lowest BCUT2D eigenvalue weighted by Gasteiger charge is -2.09. The fourth-order valence-corrected chi connectivity index (χ4v) is 3.39. The summed E-state index contributed by atoms with van der Waals surface area (Å²) < 4.78 is 5.28. The smallest absolute Gasteiger partial charge is 0.230 e. The maximum Gasteiger partial charge on any atom is 0.230 e. The quantitative estimate of drug-likeness (QED) is 0.639. The number of thiazole rings is 1. The van der Waals surface area contributed by atoms with Gasteiger partial charge in [-0.05, 0) is 37.3 Å². The number of aromatic nitrogens is 1. The Morgan fingerprint density at radius 1 is 1.21 bits per heavy atom. The average Bonchev–Trinajstić information content (AvgIpc) is 3.16. The van der Waals surface area contributed by atoms with Crippen LogP contribution < -0.4 is 10.1 Å². The van der Waals surface area contributed by atoms with Crippen LogP contribution in [-0.2, 0) is 11.2 Å². The van der Waals surface area contributed by atoms with Crippen LogP contribution in [0, 0.1) is 11.3 Å². The molecule has 140 valence electrons. The van der Waals surface area contributed by atoms with Crippen molar-refractivity contribution in [2.45, 2.75) is 13.3 Å². The van der Waals surface area contributed by atoms with E-state index in [0.29, 0.717) is 27.6 Å². The van der Waals surface area contributed by atoms with E-state index < -0.39 is 0 Å². The van der Waals surface area contributed by atoms with E-state index in [4.69, 9.17) is 10.00 Å². The van der Waals surface area contributed by atoms with Crippen LogP contribution in [0.5, 0.6) is 5.75 Å². The number of amides is 1. The van der Waals surface area contributed by atoms with Gasteiger partial charge in [0, 0.05) is 22.1 Å². The number of rotatable bonds is 6. The summed E-state index contributed by atoms with van der Waals surface area (Å²) in [5.74, 6) is 0.230. The van der Waals surface area contributed by atoms with Crippen molar-refractivity contribution in [2.24, 2.45) is 0 Å². The molecule has 0 saturated heterocycles. The van der Waals surface area contributed by atoms with Gasteiger partial charge in [0.2, 0.25) is 5.91 Å². The molecule has 0 saturated carbocycles. The minimum Gasteiger partial charge on any atom is -0.496 e. The molecule has 0 aliphatic carbocycles. The van der Waals surface area contributed by atoms with Gasteiger partial charge in [0.25, 0.3) is 0 Å². The molecule has 0 radical (unpaired) electrons. The van der Waals surface area contributed by atoms with Crippen molar-refractivity contribution >= 4 is 28.2 Å². The molecule has 0 aliphatic heterocycles. The molecule has 0 spiro atoms. The van der Waals surface area contributed by atoms with Crippen molar-refractivity contribution in [3.8, 4) is 23.1 Å². The van der Waals surface area contributed by atoms with Crippen molar-refractivity contribution in [3.05, 3.63) is 64.5 Å². The average molecular weight is 391 g/mol. The van der Waals surface area contributed by atoms with Crippen molar-refractivity contribution < 1.29 is 14.3 Å². The standard InChI is InChI=1S/C21H17N3O3S/c1-13(25)16-7-8-19(27-2)17(9-16)10-20(26)24-21-23-18(12-28-21)15-5-3-14(11-22)4-6-15/h3-9,12H,10H2,1-2H3,(H,23,24,26). The molecule has 0 bridgehead atoms. The van der Waals surface area contributed by atoms with Gasteiger partial charge in [0.15, 0.2) is 10.9 Å². The van der Waals surface area contributed by atoms with Crippen molar-refractivity contribution in [3.63, 3.8) is 0 Å². The highest BCUT2D eigenvalue weighted by molar-refractivity contribution is 7.14. The normalized spacial score (nSPS) is 10.2. The molecule has 7 heteroatoms. The molecule has 28 heavy (non-hydrogen) atoms. The summed E-state index contributed by atoms with van der Waals surface area (Å²) in [5, 5.41) is 14.0. The van der Waals surface area contributed by atoms with Gasteiger partial charge >= 0.3 is 0 Å². The molecule has 6 nitrogen and oxygen atoms in total. The molecule has 0 atom stereocenters. The van der Waals surface area contributed by atoms with Gasteiger partial charge in [-0.1, -0.05) is 12.1 Å². The number of Topliss-reactive ketones (excluding diaryl/α,β-unsaturated/α-hetero) is 1. The Labute approximate surface area is 166 Å². The molecule has 1 heterocycles. The summed E-state index contributed by atoms with van der Waals surface area (Å²) in [6.45, 7) is 1.48. The second-order valence-electron chi connectivity index (χ2n) is 6.03. The summed E-state index contributed by atoms with van der Waals surface area (Å²) in [7, 11) is 1.52. The van der Waals surface area contributed by atoms with Gasteiger partial charge in [0.05, 0.1) is 30.9 Å². The van der Waals surface area contributed by atoms with Gasteiger partial charge in [-0.3, -0.25) is 9.59 Å². The Bertz CT molecular complexity index is 1070. The third kappa shape index (κ3) is 4.42. The van der Waals surface area contributed by atoms with E-state index in [2.05, 4.69) is 16.4 Å². The Morgan fingerprint density at radius 3 is 2.61 bits per heavy atom. The topological polar surface area (TPSA) is 92.1 Å². The van der Waals surface area contributed by atoms with Gasteiger partial charge in [-0.2, -0.15) is 5.26 Å². The molecule has 0 aliphatic rings. The first-order valence-electron chi connectivity index (χ1n) is 8.44. The second kappa shape index (κ2) is 8.46. The first-order valence-corrected chi connectivity index (χ1v) is 9.32. The number of benzene rings is 2. The number of carbonyl (C=O) groups excluding carboxylic acids is 2. The van der Waals surface area contributed by atoms with E-state index >= 15 is 0 Å². The number of carbonyl (C=O) groups is 2. The van der Waals surface area contributed by atoms with E-state index in [-0.39, 0.29) is 18.1 Å². The molecule has 3 aromatic rings. The Morgan fingerprint density at radius 2 is 1.96 bits per heavy atom. The highest BCUT2D eigenvalue weighted by Crippen LogP contribution is 2.26. The Hall–Kier alpha value is -3.50. The predicted molar refractivity (Wildman–Crippen MR) is 108 cm³/mol. The van der Waals surface area contributed by atoms with Crippen LogP contribution in [-0.4, -0.2) is 23.8 Å². The summed E-state index contributed by atoms with van der Waals surface area (Å²) in [5.41, 5.74) is 3.33. The third-order valence-corrected chi connectivity index (χ3v) is 4.86. The summed E-state index contributed by atoms with van der Waals surface area (Å²) >= 11 is 1.32. The van der Waals surface area contributed by atoms with E-state index in [1.807, 2.05) is 17.5 Å². The van der Waals surface area contributed by atoms with E-state index in [0.717, 1.165) is 11.3 Å². The number of nitriles is 1. The van der Waals surface area contributed by atoms with Crippen LogP contribution >= 0.6 is 11.3 Å². The number of methoxy groups -OCH3 is 1. The minimum atomic E-state index is -0.250. The van der Waals surface area contributed by atoms with E-state index in [1.54, 1.807) is 30.3 Å². The Balaban J connectivity index is 1.72. The SMILES string of the molecule is COc1ccc(C(C)=O)cc1CC(=O)Nc1nc(-c2ccc(C#N)cc2)cs1. The fourth-order valence-electron chi connectivity index (χ4n) is 2.65. The lowest BCUT2D eigenvalue weighted by Crippen LogP contribution is -2.15. The summed E-state index contributed by atoms with van der Waals surface area (Å²) in [6, 6.07) is 14.2. The zero-order valence-electron chi connectivity index (χ0n) is 15.4. The third-order valence-electron chi connectivity index (χ3n) is 4.10. The predicted octanol–water partition coefficient (Wildman–Crippen LogP) is 4.07. The first kappa shape index (κ1) is 19.3. The van der Waals surface area contributed by atoms with Gasteiger partial charge < -0.3 is 10.1 Å². The maximum absolute atomic E-state index is 12.4. The van der Waals surface area contributed by atoms with Crippen LogP contribution in [0.3, 0.4) is 0 Å². The largest absolute Gasteiger partial charge is 0.496 e. The van der Waals surface area contributed by atoms with E-state index in [1.165, 1.54) is 25.4 Å². The van der Waals surface area contributed by atoms with Gasteiger partial charge in [-0.15, -0.1) is 11.3 Å². The first-order chi connectivity index (χ1) is 13.5. The van der Waals surface area contributed by atoms with Crippen molar-refractivity contribution in [2.75, 3.05) is 12.4 Å². The molecule has 1 aromatic heterocycles. The molecule has 3 rings (SSSR count). The van der Waals surface area contributed by atoms with E-state index in [9.17, 15) is 9.59 Å². The number of nitrogens with one attached hydrogen (secondary N) is 1. The number of anilines is 1. The maximum atomic E-state index is 12.4. The van der Waals surface area contributed by atoms with Crippen LogP contribution in [0.4, 0.5) is 5.13 Å². The lowest BCUT2D eigenvalue weighted by molar-refractivity contribution is -0.115. The molecule has 2 aromatic carbocycles. The van der Waals surface area contributed by atoms with Gasteiger partial charge in [0.1, 0.15) is 5.75 Å². The zero-order valence-corrected chi connectivity index (χ0v) is 16.2. The number of nitrogens with zero attached hydrogens (tertiary/aromatic N) is 2. The summed E-state index contributed by atoms with van der Waals surface area (Å²) in [6.07, 6.45) is 0.0655.